The summed E-state index contributed by atoms with van der Waals surface area (Å²) in [7, 11) is 0. The highest BCUT2D eigenvalue weighted by Crippen LogP contribution is 2.31. The molecule has 0 aliphatic carbocycles. The van der Waals surface area contributed by atoms with Crippen molar-refractivity contribution in [3.63, 3.8) is 0 Å². The van der Waals surface area contributed by atoms with Gasteiger partial charge in [0.2, 0.25) is 0 Å². The van der Waals surface area contributed by atoms with Crippen LogP contribution >= 0.6 is 0 Å². The van der Waals surface area contributed by atoms with E-state index in [-0.39, 0.29) is 0 Å². The third-order valence-electron chi connectivity index (χ3n) is 3.90. The molecule has 2 fully saturated rings. The number of nitrogens with one attached hydrogen (secondary N) is 1. The lowest BCUT2D eigenvalue weighted by Gasteiger charge is -2.34. The van der Waals surface area contributed by atoms with Crippen LogP contribution in [-0.2, 0) is 5.60 Å². The first-order chi connectivity index (χ1) is 8.28. The Morgan fingerprint density at radius 1 is 1.24 bits per heavy atom. The van der Waals surface area contributed by atoms with E-state index in [0.717, 1.165) is 50.4 Å². The Kier molecular flexibility index (Phi) is 2.76. The first-order valence-electron chi connectivity index (χ1n) is 6.43. The van der Waals surface area contributed by atoms with Crippen molar-refractivity contribution < 1.29 is 5.11 Å². The summed E-state index contributed by atoms with van der Waals surface area (Å²) in [5.41, 5.74) is 0.286. The standard InChI is InChI=1S/C13H19N3O/c17-13(4-6-14-7-5-13)11-2-3-12(15-10-11)16-8-1-9-16/h2-3,10,14,17H,1,4-9H2. The zero-order valence-electron chi connectivity index (χ0n) is 10.0. The van der Waals surface area contributed by atoms with Gasteiger partial charge in [-0.25, -0.2) is 4.98 Å². The predicted octanol–water partition coefficient (Wildman–Crippen LogP) is 0.863. The Morgan fingerprint density at radius 2 is 2.00 bits per heavy atom. The number of nitrogens with zero attached hydrogens (tertiary/aromatic N) is 2. The summed E-state index contributed by atoms with van der Waals surface area (Å²) >= 11 is 0. The van der Waals surface area contributed by atoms with Crippen LogP contribution in [0.3, 0.4) is 0 Å². The third kappa shape index (κ3) is 2.03. The number of piperidine rings is 1. The quantitative estimate of drug-likeness (QED) is 0.795. The number of hydrogen-bond donors (Lipinski definition) is 2. The van der Waals surface area contributed by atoms with E-state index < -0.39 is 5.60 Å². The van der Waals surface area contributed by atoms with Gasteiger partial charge in [0.1, 0.15) is 5.82 Å². The minimum absolute atomic E-state index is 0.675. The zero-order valence-corrected chi connectivity index (χ0v) is 10.0. The Labute approximate surface area is 102 Å². The van der Waals surface area contributed by atoms with Crippen molar-refractivity contribution >= 4 is 5.82 Å². The Morgan fingerprint density at radius 3 is 2.53 bits per heavy atom. The maximum atomic E-state index is 10.5. The number of aliphatic hydroxyl groups is 1. The number of anilines is 1. The van der Waals surface area contributed by atoms with E-state index in [4.69, 9.17) is 0 Å². The second-order valence-corrected chi connectivity index (χ2v) is 5.03. The molecule has 0 aromatic carbocycles. The highest BCUT2D eigenvalue weighted by Gasteiger charge is 2.31. The molecule has 0 atom stereocenters. The summed E-state index contributed by atoms with van der Waals surface area (Å²) < 4.78 is 0. The first kappa shape index (κ1) is 11.0. The average molecular weight is 233 g/mol. The van der Waals surface area contributed by atoms with Crippen molar-refractivity contribution in [2.24, 2.45) is 0 Å². The fraction of sp³-hybridized carbons (Fsp3) is 0.615. The fourth-order valence-electron chi connectivity index (χ4n) is 2.52. The van der Waals surface area contributed by atoms with Gasteiger partial charge in [0.25, 0.3) is 0 Å². The number of aromatic nitrogens is 1. The Bertz CT molecular complexity index is 380. The van der Waals surface area contributed by atoms with Gasteiger partial charge in [0.05, 0.1) is 5.60 Å². The molecule has 2 aliphatic heterocycles. The monoisotopic (exact) mass is 233 g/mol. The van der Waals surface area contributed by atoms with Crippen LogP contribution in [0.5, 0.6) is 0 Å². The molecule has 3 heterocycles. The molecule has 0 amide bonds. The molecule has 4 heteroatoms. The third-order valence-corrected chi connectivity index (χ3v) is 3.90. The topological polar surface area (TPSA) is 48.4 Å². The van der Waals surface area contributed by atoms with Crippen LogP contribution in [0.4, 0.5) is 5.82 Å². The van der Waals surface area contributed by atoms with E-state index in [2.05, 4.69) is 15.2 Å². The Hall–Kier alpha value is -1.13. The summed E-state index contributed by atoms with van der Waals surface area (Å²) in [5, 5.41) is 13.8. The van der Waals surface area contributed by atoms with Crippen molar-refractivity contribution in [3.05, 3.63) is 23.9 Å². The Balaban J connectivity index is 1.78. The zero-order chi connectivity index (χ0) is 11.7. The normalized spacial score (nSPS) is 23.2. The van der Waals surface area contributed by atoms with Crippen LogP contribution in [0.25, 0.3) is 0 Å². The van der Waals surface area contributed by atoms with Crippen LogP contribution in [0, 0.1) is 0 Å². The summed E-state index contributed by atoms with van der Waals surface area (Å²) in [6, 6.07) is 4.07. The number of rotatable bonds is 2. The highest BCUT2D eigenvalue weighted by atomic mass is 16.3. The van der Waals surface area contributed by atoms with Gasteiger partial charge < -0.3 is 15.3 Å². The van der Waals surface area contributed by atoms with Crippen LogP contribution in [0.15, 0.2) is 18.3 Å². The molecule has 0 saturated carbocycles. The molecular weight excluding hydrogens is 214 g/mol. The second-order valence-electron chi connectivity index (χ2n) is 5.03. The van der Waals surface area contributed by atoms with Crippen LogP contribution in [-0.4, -0.2) is 36.3 Å². The van der Waals surface area contributed by atoms with Crippen molar-refractivity contribution in [2.45, 2.75) is 24.9 Å². The van der Waals surface area contributed by atoms with Crippen LogP contribution < -0.4 is 10.2 Å². The summed E-state index contributed by atoms with van der Waals surface area (Å²) in [5.74, 6) is 1.04. The smallest absolute Gasteiger partial charge is 0.128 e. The minimum Gasteiger partial charge on any atom is -0.385 e. The van der Waals surface area contributed by atoms with E-state index in [1.165, 1.54) is 6.42 Å². The molecule has 2 N–H and O–H groups in total. The van der Waals surface area contributed by atoms with Crippen LogP contribution in [0.2, 0.25) is 0 Å². The minimum atomic E-state index is -0.675. The van der Waals surface area contributed by atoms with Gasteiger partial charge in [-0.3, -0.25) is 0 Å². The van der Waals surface area contributed by atoms with Crippen LogP contribution in [0.1, 0.15) is 24.8 Å². The van der Waals surface area contributed by atoms with Crippen molar-refractivity contribution in [3.8, 4) is 0 Å². The molecule has 1 aromatic heterocycles. The van der Waals surface area contributed by atoms with Gasteiger partial charge >= 0.3 is 0 Å². The number of pyridine rings is 1. The lowest BCUT2D eigenvalue weighted by atomic mass is 9.86. The van der Waals surface area contributed by atoms with Gasteiger partial charge in [-0.2, -0.15) is 0 Å². The molecule has 0 unspecified atom stereocenters. The fourth-order valence-corrected chi connectivity index (χ4v) is 2.52. The molecule has 17 heavy (non-hydrogen) atoms. The molecule has 0 radical (unpaired) electrons. The number of hydrogen-bond acceptors (Lipinski definition) is 4. The summed E-state index contributed by atoms with van der Waals surface area (Å²) in [6.07, 6.45) is 4.66. The SMILES string of the molecule is OC1(c2ccc(N3CCC3)nc2)CCNCC1. The maximum Gasteiger partial charge on any atom is 0.128 e. The van der Waals surface area contributed by atoms with Gasteiger partial charge in [-0.05, 0) is 38.4 Å². The summed E-state index contributed by atoms with van der Waals surface area (Å²) in [4.78, 5) is 6.73. The van der Waals surface area contributed by atoms with Crippen molar-refractivity contribution in [1.82, 2.24) is 10.3 Å². The van der Waals surface area contributed by atoms with Gasteiger partial charge in [-0.15, -0.1) is 0 Å². The second kappa shape index (κ2) is 4.27. The molecular formula is C13H19N3O. The van der Waals surface area contributed by atoms with E-state index in [1.807, 2.05) is 18.3 Å². The lowest BCUT2D eigenvalue weighted by Crippen LogP contribution is -2.40. The largest absolute Gasteiger partial charge is 0.385 e. The van der Waals surface area contributed by atoms with Gasteiger partial charge in [-0.1, -0.05) is 6.07 Å². The molecule has 1 aromatic rings. The van der Waals surface area contributed by atoms with Gasteiger partial charge in [0.15, 0.2) is 0 Å². The van der Waals surface area contributed by atoms with E-state index in [1.54, 1.807) is 0 Å². The molecule has 92 valence electrons. The van der Waals surface area contributed by atoms with Crippen molar-refractivity contribution in [2.75, 3.05) is 31.1 Å². The average Bonchev–Trinajstić information content (AvgIpc) is 2.28. The van der Waals surface area contributed by atoms with E-state index >= 15 is 0 Å². The molecule has 0 bridgehead atoms. The molecule has 3 rings (SSSR count). The van der Waals surface area contributed by atoms with E-state index in [0.29, 0.717) is 0 Å². The summed E-state index contributed by atoms with van der Waals surface area (Å²) in [6.45, 7) is 3.98. The molecule has 2 saturated heterocycles. The predicted molar refractivity (Wildman–Crippen MR) is 67.1 cm³/mol. The maximum absolute atomic E-state index is 10.5. The molecule has 4 nitrogen and oxygen atoms in total. The van der Waals surface area contributed by atoms with Gasteiger partial charge in [0, 0.05) is 24.8 Å². The van der Waals surface area contributed by atoms with E-state index in [9.17, 15) is 5.11 Å². The van der Waals surface area contributed by atoms with Crippen molar-refractivity contribution in [1.29, 1.82) is 0 Å². The highest BCUT2D eigenvalue weighted by molar-refractivity contribution is 5.42. The lowest BCUT2D eigenvalue weighted by molar-refractivity contribution is 0.00565. The first-order valence-corrected chi connectivity index (χ1v) is 6.43. The molecule has 0 spiro atoms. The molecule has 2 aliphatic rings.